The van der Waals surface area contributed by atoms with Crippen LogP contribution in [0.1, 0.15) is 22.1 Å². The number of carboxylic acids is 1. The van der Waals surface area contributed by atoms with E-state index in [1.807, 2.05) is 0 Å². The number of nitrogens with one attached hydrogen (secondary N) is 1. The van der Waals surface area contributed by atoms with Crippen LogP contribution >= 0.6 is 0 Å². The molecular weight excluding hydrogens is 365 g/mol. The van der Waals surface area contributed by atoms with E-state index in [9.17, 15) is 22.8 Å². The number of hydrogen-bond donors (Lipinski definition) is 2. The number of rotatable bonds is 5. The molecule has 0 unspecified atom stereocenters. The zero-order valence-electron chi connectivity index (χ0n) is 13.9. The van der Waals surface area contributed by atoms with Gasteiger partial charge in [0.2, 0.25) is 0 Å². The molecule has 142 valence electrons. The third-order valence-corrected chi connectivity index (χ3v) is 3.93. The van der Waals surface area contributed by atoms with Gasteiger partial charge in [-0.2, -0.15) is 13.2 Å². The summed E-state index contributed by atoms with van der Waals surface area (Å²) in [4.78, 5) is 23.9. The van der Waals surface area contributed by atoms with E-state index in [0.717, 1.165) is 4.90 Å². The number of para-hydroxylation sites is 1. The minimum absolute atomic E-state index is 0.166. The molecule has 0 bridgehead atoms. The zero-order chi connectivity index (χ0) is 19.6. The summed E-state index contributed by atoms with van der Waals surface area (Å²) in [6.45, 7) is -1.94. The second-order valence-corrected chi connectivity index (χ2v) is 5.89. The molecule has 1 amide bonds. The molecule has 0 saturated heterocycles. The molecule has 0 spiro atoms. The molecule has 2 N–H and O–H groups in total. The van der Waals surface area contributed by atoms with Crippen LogP contribution in [-0.4, -0.2) is 41.2 Å². The lowest BCUT2D eigenvalue weighted by atomic mass is 10.0. The summed E-state index contributed by atoms with van der Waals surface area (Å²) in [6.07, 6.45) is -5.59. The Morgan fingerprint density at radius 2 is 1.81 bits per heavy atom. The molecule has 9 heteroatoms. The smallest absolute Gasteiger partial charge is 0.406 e. The van der Waals surface area contributed by atoms with Gasteiger partial charge >= 0.3 is 12.1 Å². The highest BCUT2D eigenvalue weighted by Gasteiger charge is 2.40. The van der Waals surface area contributed by atoms with Gasteiger partial charge in [0, 0.05) is 5.69 Å². The van der Waals surface area contributed by atoms with Crippen LogP contribution < -0.4 is 10.1 Å². The molecule has 1 atom stereocenters. The van der Waals surface area contributed by atoms with Crippen LogP contribution in [0.4, 0.5) is 18.9 Å². The number of carboxylic acid groups (broad SMARTS) is 1. The Bertz CT molecular complexity index is 852. The fourth-order valence-electron chi connectivity index (χ4n) is 2.80. The second-order valence-electron chi connectivity index (χ2n) is 5.89. The van der Waals surface area contributed by atoms with Gasteiger partial charge in [0.15, 0.2) is 6.61 Å². The van der Waals surface area contributed by atoms with Gasteiger partial charge in [-0.1, -0.05) is 24.3 Å². The first-order chi connectivity index (χ1) is 12.7. The van der Waals surface area contributed by atoms with Crippen LogP contribution in [0.15, 0.2) is 48.5 Å². The highest BCUT2D eigenvalue weighted by molar-refractivity contribution is 6.01. The Morgan fingerprint density at radius 1 is 1.15 bits per heavy atom. The van der Waals surface area contributed by atoms with Gasteiger partial charge in [-0.05, 0) is 29.8 Å². The van der Waals surface area contributed by atoms with Gasteiger partial charge in [0.25, 0.3) is 5.91 Å². The fraction of sp³-hybridized carbons (Fsp3) is 0.222. The van der Waals surface area contributed by atoms with Gasteiger partial charge in [-0.15, -0.1) is 0 Å². The van der Waals surface area contributed by atoms with Crippen molar-refractivity contribution in [1.29, 1.82) is 0 Å². The lowest BCUT2D eigenvalue weighted by molar-refractivity contribution is -0.144. The normalized spacial score (nSPS) is 16.5. The third-order valence-electron chi connectivity index (χ3n) is 3.93. The van der Waals surface area contributed by atoms with Crippen molar-refractivity contribution in [1.82, 2.24) is 4.90 Å². The van der Waals surface area contributed by atoms with Crippen LogP contribution in [0, 0.1) is 0 Å². The third kappa shape index (κ3) is 4.30. The topological polar surface area (TPSA) is 78.9 Å². The van der Waals surface area contributed by atoms with Crippen molar-refractivity contribution in [2.24, 2.45) is 0 Å². The Balaban J connectivity index is 1.91. The molecule has 0 radical (unpaired) electrons. The SMILES string of the molecule is O=C(O)COc1ccc([C@@H]2Nc3ccccc3C(=O)N2CC(F)(F)F)cc1. The molecule has 2 aromatic rings. The van der Waals surface area contributed by atoms with E-state index >= 15 is 0 Å². The first-order valence-corrected chi connectivity index (χ1v) is 7.92. The number of benzene rings is 2. The fourth-order valence-corrected chi connectivity index (χ4v) is 2.80. The van der Waals surface area contributed by atoms with Crippen LogP contribution in [-0.2, 0) is 4.79 Å². The largest absolute Gasteiger partial charge is 0.482 e. The minimum atomic E-state index is -4.56. The van der Waals surface area contributed by atoms with Crippen molar-refractivity contribution in [3.8, 4) is 5.75 Å². The summed E-state index contributed by atoms with van der Waals surface area (Å²) in [5.41, 5.74) is 1.02. The number of aliphatic carboxylic acids is 1. The van der Waals surface area contributed by atoms with Crippen molar-refractivity contribution in [3.05, 3.63) is 59.7 Å². The van der Waals surface area contributed by atoms with Crippen LogP contribution in [0.25, 0.3) is 0 Å². The molecule has 3 rings (SSSR count). The van der Waals surface area contributed by atoms with Crippen LogP contribution in [0.3, 0.4) is 0 Å². The Labute approximate surface area is 152 Å². The molecule has 1 aliphatic heterocycles. The number of carbonyl (C=O) groups excluding carboxylic acids is 1. The van der Waals surface area contributed by atoms with E-state index in [1.165, 1.54) is 30.3 Å². The number of alkyl halides is 3. The van der Waals surface area contributed by atoms with Crippen LogP contribution in [0.2, 0.25) is 0 Å². The van der Waals surface area contributed by atoms with Gasteiger partial charge in [-0.3, -0.25) is 4.79 Å². The van der Waals surface area contributed by atoms with Gasteiger partial charge in [-0.25, -0.2) is 4.79 Å². The summed E-state index contributed by atoms with van der Waals surface area (Å²) in [7, 11) is 0. The van der Waals surface area contributed by atoms with Crippen LogP contribution in [0.5, 0.6) is 5.75 Å². The Kier molecular flexibility index (Phi) is 4.93. The predicted octanol–water partition coefficient (Wildman–Crippen LogP) is 3.28. The standard InChI is InChI=1S/C18H15F3N2O4/c19-18(20,21)10-23-16(22-14-4-2-1-3-13(14)17(23)26)11-5-7-12(8-6-11)27-9-15(24)25/h1-8,16,22H,9-10H2,(H,24,25)/t16-/m1/s1. The maximum atomic E-state index is 13.0. The number of amides is 1. The number of anilines is 1. The molecule has 6 nitrogen and oxygen atoms in total. The number of carbonyl (C=O) groups is 2. The molecule has 1 heterocycles. The minimum Gasteiger partial charge on any atom is -0.482 e. The molecule has 0 saturated carbocycles. The zero-order valence-corrected chi connectivity index (χ0v) is 13.9. The highest BCUT2D eigenvalue weighted by Crippen LogP contribution is 2.35. The highest BCUT2D eigenvalue weighted by atomic mass is 19.4. The lowest BCUT2D eigenvalue weighted by Crippen LogP contribution is -2.47. The van der Waals surface area contributed by atoms with Crippen molar-refractivity contribution in [3.63, 3.8) is 0 Å². The van der Waals surface area contributed by atoms with E-state index in [4.69, 9.17) is 9.84 Å². The van der Waals surface area contributed by atoms with Crippen molar-refractivity contribution in [2.45, 2.75) is 12.3 Å². The Morgan fingerprint density at radius 3 is 2.44 bits per heavy atom. The average molecular weight is 380 g/mol. The summed E-state index contributed by atoms with van der Waals surface area (Å²) in [6, 6.07) is 12.2. The summed E-state index contributed by atoms with van der Waals surface area (Å²) < 4.78 is 44.1. The number of ether oxygens (including phenoxy) is 1. The molecule has 1 aliphatic rings. The van der Waals surface area contributed by atoms with Gasteiger partial charge in [0.1, 0.15) is 18.5 Å². The van der Waals surface area contributed by atoms with Gasteiger partial charge < -0.3 is 20.1 Å². The number of hydrogen-bond acceptors (Lipinski definition) is 4. The Hall–Kier alpha value is -3.23. The quantitative estimate of drug-likeness (QED) is 0.832. The maximum Gasteiger partial charge on any atom is 0.406 e. The monoisotopic (exact) mass is 380 g/mol. The van der Waals surface area contributed by atoms with E-state index < -0.39 is 37.4 Å². The number of fused-ring (bicyclic) bond motifs is 1. The first kappa shape index (κ1) is 18.6. The van der Waals surface area contributed by atoms with E-state index in [2.05, 4.69) is 5.32 Å². The molecule has 0 fully saturated rings. The number of halogens is 3. The second kappa shape index (κ2) is 7.18. The summed E-state index contributed by atoms with van der Waals surface area (Å²) in [5, 5.41) is 11.6. The average Bonchev–Trinajstić information content (AvgIpc) is 2.62. The summed E-state index contributed by atoms with van der Waals surface area (Å²) in [5.74, 6) is -1.62. The molecule has 2 aromatic carbocycles. The molecule has 0 aromatic heterocycles. The first-order valence-electron chi connectivity index (χ1n) is 7.92. The van der Waals surface area contributed by atoms with Crippen molar-refractivity contribution in [2.75, 3.05) is 18.5 Å². The predicted molar refractivity (Wildman–Crippen MR) is 89.5 cm³/mol. The lowest BCUT2D eigenvalue weighted by Gasteiger charge is -2.38. The molecule has 0 aliphatic carbocycles. The van der Waals surface area contributed by atoms with E-state index in [1.54, 1.807) is 18.2 Å². The molecular formula is C18H15F3N2O4. The van der Waals surface area contributed by atoms with Gasteiger partial charge in [0.05, 0.1) is 5.56 Å². The summed E-state index contributed by atoms with van der Waals surface area (Å²) >= 11 is 0. The van der Waals surface area contributed by atoms with E-state index in [0.29, 0.717) is 11.3 Å². The maximum absolute atomic E-state index is 13.0. The number of nitrogens with zero attached hydrogens (tertiary/aromatic N) is 1. The van der Waals surface area contributed by atoms with E-state index in [-0.39, 0.29) is 11.3 Å². The van der Waals surface area contributed by atoms with Crippen molar-refractivity contribution < 1.29 is 32.6 Å². The molecule has 27 heavy (non-hydrogen) atoms. The van der Waals surface area contributed by atoms with Crippen molar-refractivity contribution >= 4 is 17.6 Å².